The Morgan fingerprint density at radius 1 is 1.06 bits per heavy atom. The fourth-order valence-corrected chi connectivity index (χ4v) is 5.10. The van der Waals surface area contributed by atoms with E-state index in [1.807, 2.05) is 25.2 Å². The highest BCUT2D eigenvalue weighted by molar-refractivity contribution is 5.94. The van der Waals surface area contributed by atoms with Crippen LogP contribution >= 0.6 is 0 Å². The molecular weight excluding hydrogens is 386 g/mol. The summed E-state index contributed by atoms with van der Waals surface area (Å²) in [6.45, 7) is 4.25. The Morgan fingerprint density at radius 3 is 2.45 bits per heavy atom. The highest BCUT2D eigenvalue weighted by Gasteiger charge is 2.38. The number of aliphatic imine (C=N–C) groups is 1. The molecule has 31 heavy (non-hydrogen) atoms. The highest BCUT2D eigenvalue weighted by Crippen LogP contribution is 2.35. The molecule has 6 heteroatoms. The van der Waals surface area contributed by atoms with Crippen LogP contribution in [0.15, 0.2) is 29.3 Å². The van der Waals surface area contributed by atoms with Gasteiger partial charge in [-0.2, -0.15) is 0 Å². The summed E-state index contributed by atoms with van der Waals surface area (Å²) in [4.78, 5) is 21.0. The Labute approximate surface area is 188 Å². The number of nitrogens with zero attached hydrogens (tertiary/aromatic N) is 3. The molecule has 1 aliphatic heterocycles. The number of rotatable bonds is 7. The van der Waals surface area contributed by atoms with Gasteiger partial charge in [0, 0.05) is 45.3 Å². The van der Waals surface area contributed by atoms with E-state index in [4.69, 9.17) is 0 Å². The van der Waals surface area contributed by atoms with Crippen LogP contribution in [0.2, 0.25) is 0 Å². The van der Waals surface area contributed by atoms with Crippen molar-refractivity contribution in [3.63, 3.8) is 0 Å². The van der Waals surface area contributed by atoms with Crippen LogP contribution in [-0.4, -0.2) is 74.5 Å². The molecule has 2 aliphatic rings. The van der Waals surface area contributed by atoms with E-state index in [-0.39, 0.29) is 11.4 Å². The molecule has 0 aromatic heterocycles. The monoisotopic (exact) mass is 427 g/mol. The van der Waals surface area contributed by atoms with E-state index in [9.17, 15) is 4.79 Å². The van der Waals surface area contributed by atoms with E-state index in [1.165, 1.54) is 64.5 Å². The van der Waals surface area contributed by atoms with Gasteiger partial charge in [-0.05, 0) is 62.9 Å². The number of guanidine groups is 1. The lowest BCUT2D eigenvalue weighted by molar-refractivity contribution is 0.0368. The maximum atomic E-state index is 12.2. The first-order chi connectivity index (χ1) is 15.0. The molecule has 172 valence electrons. The number of hydrogen-bond donors (Lipinski definition) is 2. The first-order valence-corrected chi connectivity index (χ1v) is 12.0. The number of piperidine rings is 1. The molecule has 1 saturated heterocycles. The molecule has 0 atom stereocenters. The molecule has 2 N–H and O–H groups in total. The normalized spacial score (nSPS) is 19.6. The SMILES string of the molecule is CN=C(NCCc1cccc(C(=O)N(C)C)c1)NCC1(N2CCCCC2)CCCCC1. The zero-order valence-corrected chi connectivity index (χ0v) is 19.8. The Balaban J connectivity index is 1.52. The second kappa shape index (κ2) is 11.5. The fourth-order valence-electron chi connectivity index (χ4n) is 5.10. The Bertz CT molecular complexity index is 733. The summed E-state index contributed by atoms with van der Waals surface area (Å²) < 4.78 is 0. The lowest BCUT2D eigenvalue weighted by Gasteiger charge is -2.48. The van der Waals surface area contributed by atoms with Crippen LogP contribution in [0.5, 0.6) is 0 Å². The third-order valence-electron chi connectivity index (χ3n) is 6.91. The quantitative estimate of drug-likeness (QED) is 0.518. The summed E-state index contributed by atoms with van der Waals surface area (Å²) in [5, 5.41) is 7.12. The topological polar surface area (TPSA) is 60.0 Å². The zero-order chi connectivity index (χ0) is 22.1. The smallest absolute Gasteiger partial charge is 0.253 e. The molecule has 1 aliphatic carbocycles. The first kappa shape index (κ1) is 23.6. The zero-order valence-electron chi connectivity index (χ0n) is 19.8. The summed E-state index contributed by atoms with van der Waals surface area (Å²) in [5.74, 6) is 0.922. The number of carbonyl (C=O) groups excluding carboxylic acids is 1. The van der Waals surface area contributed by atoms with Crippen molar-refractivity contribution in [2.45, 2.75) is 63.3 Å². The lowest BCUT2D eigenvalue weighted by atomic mass is 9.79. The second-order valence-electron chi connectivity index (χ2n) is 9.34. The molecule has 0 spiro atoms. The number of nitrogens with one attached hydrogen (secondary N) is 2. The predicted molar refractivity (Wildman–Crippen MR) is 129 cm³/mol. The second-order valence-corrected chi connectivity index (χ2v) is 9.34. The van der Waals surface area contributed by atoms with Crippen LogP contribution in [-0.2, 0) is 6.42 Å². The van der Waals surface area contributed by atoms with E-state index < -0.39 is 0 Å². The van der Waals surface area contributed by atoms with E-state index in [1.54, 1.807) is 19.0 Å². The molecule has 1 aromatic carbocycles. The average molecular weight is 428 g/mol. The largest absolute Gasteiger partial charge is 0.356 e. The van der Waals surface area contributed by atoms with Gasteiger partial charge in [-0.25, -0.2) is 0 Å². The number of hydrogen-bond acceptors (Lipinski definition) is 3. The van der Waals surface area contributed by atoms with E-state index in [0.29, 0.717) is 0 Å². The Morgan fingerprint density at radius 2 is 1.77 bits per heavy atom. The van der Waals surface area contributed by atoms with Crippen molar-refractivity contribution in [1.82, 2.24) is 20.4 Å². The molecule has 0 radical (unpaired) electrons. The Hall–Kier alpha value is -2.08. The van der Waals surface area contributed by atoms with Crippen molar-refractivity contribution in [3.8, 4) is 0 Å². The maximum absolute atomic E-state index is 12.2. The van der Waals surface area contributed by atoms with Gasteiger partial charge >= 0.3 is 0 Å². The molecule has 1 amide bonds. The van der Waals surface area contributed by atoms with Gasteiger partial charge in [-0.1, -0.05) is 37.8 Å². The average Bonchev–Trinajstić information content (AvgIpc) is 2.82. The predicted octanol–water partition coefficient (Wildman–Crippen LogP) is 3.28. The minimum Gasteiger partial charge on any atom is -0.356 e. The van der Waals surface area contributed by atoms with E-state index in [0.717, 1.165) is 36.6 Å². The van der Waals surface area contributed by atoms with Gasteiger partial charge < -0.3 is 15.5 Å². The Kier molecular flexibility index (Phi) is 8.76. The van der Waals surface area contributed by atoms with Gasteiger partial charge in [-0.15, -0.1) is 0 Å². The van der Waals surface area contributed by atoms with Gasteiger partial charge in [0.1, 0.15) is 0 Å². The first-order valence-electron chi connectivity index (χ1n) is 12.0. The molecular formula is C25H41N5O. The molecule has 1 heterocycles. The number of likely N-dealkylation sites (tertiary alicyclic amines) is 1. The molecule has 0 bridgehead atoms. The van der Waals surface area contributed by atoms with Gasteiger partial charge in [0.2, 0.25) is 0 Å². The van der Waals surface area contributed by atoms with Crippen LogP contribution in [0.1, 0.15) is 67.3 Å². The standard InChI is InChI=1S/C25H41N5O/c1-26-24(27-16-13-21-11-10-12-22(19-21)23(31)29(2)3)28-20-25(14-6-4-7-15-25)30-17-8-5-9-18-30/h10-12,19H,4-9,13-18,20H2,1-3H3,(H2,26,27,28). The molecule has 0 unspecified atom stereocenters. The van der Waals surface area contributed by atoms with Crippen molar-refractivity contribution in [1.29, 1.82) is 0 Å². The van der Waals surface area contributed by atoms with E-state index >= 15 is 0 Å². The summed E-state index contributed by atoms with van der Waals surface area (Å²) in [5.41, 5.74) is 2.19. The van der Waals surface area contributed by atoms with Crippen LogP contribution in [0.3, 0.4) is 0 Å². The van der Waals surface area contributed by atoms with Crippen LogP contribution in [0, 0.1) is 0 Å². The molecule has 2 fully saturated rings. The van der Waals surface area contributed by atoms with Crippen LogP contribution in [0.25, 0.3) is 0 Å². The van der Waals surface area contributed by atoms with Gasteiger partial charge in [-0.3, -0.25) is 14.7 Å². The van der Waals surface area contributed by atoms with Crippen molar-refractivity contribution in [2.24, 2.45) is 4.99 Å². The van der Waals surface area contributed by atoms with Gasteiger partial charge in [0.25, 0.3) is 5.91 Å². The van der Waals surface area contributed by atoms with Crippen molar-refractivity contribution in [3.05, 3.63) is 35.4 Å². The summed E-state index contributed by atoms with van der Waals surface area (Å²) in [7, 11) is 5.42. The van der Waals surface area contributed by atoms with Crippen LogP contribution in [0.4, 0.5) is 0 Å². The van der Waals surface area contributed by atoms with Crippen LogP contribution < -0.4 is 10.6 Å². The fraction of sp³-hybridized carbons (Fsp3) is 0.680. The van der Waals surface area contributed by atoms with Gasteiger partial charge in [0.05, 0.1) is 0 Å². The summed E-state index contributed by atoms with van der Waals surface area (Å²) >= 11 is 0. The maximum Gasteiger partial charge on any atom is 0.253 e. The van der Waals surface area contributed by atoms with Gasteiger partial charge in [0.15, 0.2) is 5.96 Å². The number of carbonyl (C=O) groups is 1. The minimum absolute atomic E-state index is 0.0442. The van der Waals surface area contributed by atoms with Crippen molar-refractivity contribution >= 4 is 11.9 Å². The third-order valence-corrected chi connectivity index (χ3v) is 6.91. The molecule has 3 rings (SSSR count). The number of amides is 1. The minimum atomic E-state index is 0.0442. The van der Waals surface area contributed by atoms with Crippen molar-refractivity contribution < 1.29 is 4.79 Å². The molecule has 6 nitrogen and oxygen atoms in total. The summed E-state index contributed by atoms with van der Waals surface area (Å²) in [6.07, 6.45) is 11.6. The summed E-state index contributed by atoms with van der Waals surface area (Å²) in [6, 6.07) is 7.92. The van der Waals surface area contributed by atoms with Crippen molar-refractivity contribution in [2.75, 3.05) is 47.3 Å². The molecule has 1 saturated carbocycles. The number of benzene rings is 1. The highest BCUT2D eigenvalue weighted by atomic mass is 16.2. The van der Waals surface area contributed by atoms with E-state index in [2.05, 4.69) is 26.6 Å². The lowest BCUT2D eigenvalue weighted by Crippen LogP contribution is -2.59. The third kappa shape index (κ3) is 6.45. The molecule has 1 aromatic rings.